The highest BCUT2D eigenvalue weighted by molar-refractivity contribution is 7.89. The standard InChI is InChI=1S/C14H20N2O3S/c1-10-12(8-5-9-13(10)20(15,18)19)16-14(17)11-6-3-2-4-7-11/h5,8-9,11H,2-4,6-7H2,1H3,(H,16,17)(H2,15,18,19). The lowest BCUT2D eigenvalue weighted by molar-refractivity contribution is -0.120. The quantitative estimate of drug-likeness (QED) is 0.895. The average Bonchev–Trinajstić information content (AvgIpc) is 2.40. The minimum Gasteiger partial charge on any atom is -0.326 e. The van der Waals surface area contributed by atoms with Gasteiger partial charge in [0.1, 0.15) is 0 Å². The summed E-state index contributed by atoms with van der Waals surface area (Å²) >= 11 is 0. The van der Waals surface area contributed by atoms with Crippen LogP contribution in [-0.2, 0) is 14.8 Å². The van der Waals surface area contributed by atoms with Crippen LogP contribution in [0.3, 0.4) is 0 Å². The smallest absolute Gasteiger partial charge is 0.238 e. The molecule has 0 unspecified atom stereocenters. The van der Waals surface area contributed by atoms with E-state index in [9.17, 15) is 13.2 Å². The molecule has 20 heavy (non-hydrogen) atoms. The first-order valence-electron chi connectivity index (χ1n) is 6.83. The molecule has 0 aromatic heterocycles. The Morgan fingerprint density at radius 1 is 1.25 bits per heavy atom. The summed E-state index contributed by atoms with van der Waals surface area (Å²) in [6.07, 6.45) is 5.14. The van der Waals surface area contributed by atoms with Gasteiger partial charge in [-0.25, -0.2) is 13.6 Å². The van der Waals surface area contributed by atoms with Gasteiger partial charge in [-0.3, -0.25) is 4.79 Å². The Kier molecular flexibility index (Phi) is 4.45. The minimum atomic E-state index is -3.77. The van der Waals surface area contributed by atoms with Crippen molar-refractivity contribution >= 4 is 21.6 Å². The van der Waals surface area contributed by atoms with E-state index in [1.54, 1.807) is 19.1 Å². The third-order valence-electron chi connectivity index (χ3n) is 3.82. The number of carbonyl (C=O) groups is 1. The first-order chi connectivity index (χ1) is 9.39. The first kappa shape index (κ1) is 15.0. The Hall–Kier alpha value is -1.40. The average molecular weight is 296 g/mol. The van der Waals surface area contributed by atoms with Crippen LogP contribution in [0.2, 0.25) is 0 Å². The second-order valence-electron chi connectivity index (χ2n) is 5.30. The summed E-state index contributed by atoms with van der Waals surface area (Å²) in [4.78, 5) is 12.2. The number of sulfonamides is 1. The van der Waals surface area contributed by atoms with E-state index in [0.717, 1.165) is 25.7 Å². The van der Waals surface area contributed by atoms with Gasteiger partial charge in [-0.2, -0.15) is 0 Å². The normalized spacial score (nSPS) is 16.9. The van der Waals surface area contributed by atoms with Gasteiger partial charge >= 0.3 is 0 Å². The number of benzene rings is 1. The summed E-state index contributed by atoms with van der Waals surface area (Å²) in [7, 11) is -3.77. The van der Waals surface area contributed by atoms with Crippen molar-refractivity contribution in [2.75, 3.05) is 5.32 Å². The van der Waals surface area contributed by atoms with E-state index in [2.05, 4.69) is 5.32 Å². The van der Waals surface area contributed by atoms with Crippen LogP contribution in [-0.4, -0.2) is 14.3 Å². The zero-order valence-corrected chi connectivity index (χ0v) is 12.4. The number of rotatable bonds is 3. The molecule has 1 fully saturated rings. The zero-order valence-electron chi connectivity index (χ0n) is 11.6. The largest absolute Gasteiger partial charge is 0.326 e. The molecule has 1 saturated carbocycles. The van der Waals surface area contributed by atoms with Crippen molar-refractivity contribution in [3.05, 3.63) is 23.8 Å². The fourth-order valence-electron chi connectivity index (χ4n) is 2.66. The van der Waals surface area contributed by atoms with Crippen LogP contribution in [0.1, 0.15) is 37.7 Å². The molecule has 0 spiro atoms. The number of hydrogen-bond donors (Lipinski definition) is 2. The predicted molar refractivity (Wildman–Crippen MR) is 77.8 cm³/mol. The highest BCUT2D eigenvalue weighted by Crippen LogP contribution is 2.27. The monoisotopic (exact) mass is 296 g/mol. The van der Waals surface area contributed by atoms with E-state index in [1.165, 1.54) is 12.5 Å². The van der Waals surface area contributed by atoms with Crippen molar-refractivity contribution < 1.29 is 13.2 Å². The lowest BCUT2D eigenvalue weighted by Gasteiger charge is -2.21. The Morgan fingerprint density at radius 3 is 2.50 bits per heavy atom. The predicted octanol–water partition coefficient (Wildman–Crippen LogP) is 2.16. The summed E-state index contributed by atoms with van der Waals surface area (Å²) in [5, 5.41) is 7.99. The topological polar surface area (TPSA) is 89.3 Å². The van der Waals surface area contributed by atoms with Crippen LogP contribution in [0.4, 0.5) is 5.69 Å². The first-order valence-corrected chi connectivity index (χ1v) is 8.37. The SMILES string of the molecule is Cc1c(NC(=O)C2CCCCC2)cccc1S(N)(=O)=O. The van der Waals surface area contributed by atoms with Gasteiger partial charge in [0.15, 0.2) is 0 Å². The van der Waals surface area contributed by atoms with Gasteiger partial charge in [0.25, 0.3) is 0 Å². The molecule has 6 heteroatoms. The maximum Gasteiger partial charge on any atom is 0.238 e. The van der Waals surface area contributed by atoms with Crippen molar-refractivity contribution in [2.24, 2.45) is 11.1 Å². The Labute approximate surface area is 119 Å². The van der Waals surface area contributed by atoms with Gasteiger partial charge in [0.2, 0.25) is 15.9 Å². The lowest BCUT2D eigenvalue weighted by Crippen LogP contribution is -2.25. The van der Waals surface area contributed by atoms with Crippen LogP contribution in [0.25, 0.3) is 0 Å². The molecule has 0 heterocycles. The van der Waals surface area contributed by atoms with Gasteiger partial charge in [-0.05, 0) is 37.5 Å². The van der Waals surface area contributed by atoms with Gasteiger partial charge in [-0.15, -0.1) is 0 Å². The zero-order chi connectivity index (χ0) is 14.8. The van der Waals surface area contributed by atoms with Gasteiger partial charge in [0.05, 0.1) is 4.90 Å². The van der Waals surface area contributed by atoms with Crippen molar-refractivity contribution in [1.82, 2.24) is 0 Å². The van der Waals surface area contributed by atoms with Crippen molar-refractivity contribution in [1.29, 1.82) is 0 Å². The second kappa shape index (κ2) is 5.93. The number of anilines is 1. The maximum absolute atomic E-state index is 12.2. The minimum absolute atomic E-state index is 0.0284. The summed E-state index contributed by atoms with van der Waals surface area (Å²) in [6.45, 7) is 1.65. The van der Waals surface area contributed by atoms with E-state index in [0.29, 0.717) is 11.3 Å². The van der Waals surface area contributed by atoms with E-state index >= 15 is 0 Å². The number of carbonyl (C=O) groups excluding carboxylic acids is 1. The summed E-state index contributed by atoms with van der Waals surface area (Å²) < 4.78 is 22.9. The van der Waals surface area contributed by atoms with Crippen molar-refractivity contribution in [2.45, 2.75) is 43.9 Å². The van der Waals surface area contributed by atoms with Crippen molar-refractivity contribution in [3.8, 4) is 0 Å². The molecule has 0 aliphatic heterocycles. The number of nitrogens with one attached hydrogen (secondary N) is 1. The van der Waals surface area contributed by atoms with Crippen LogP contribution < -0.4 is 10.5 Å². The van der Waals surface area contributed by atoms with E-state index in [1.807, 2.05) is 0 Å². The molecule has 0 saturated heterocycles. The molecular weight excluding hydrogens is 276 g/mol. The Morgan fingerprint density at radius 2 is 1.90 bits per heavy atom. The molecule has 110 valence electrons. The molecule has 2 rings (SSSR count). The Bertz CT molecular complexity index is 605. The molecule has 3 N–H and O–H groups in total. The van der Waals surface area contributed by atoms with Gasteiger partial charge in [-0.1, -0.05) is 25.3 Å². The highest BCUT2D eigenvalue weighted by Gasteiger charge is 2.22. The van der Waals surface area contributed by atoms with E-state index in [4.69, 9.17) is 5.14 Å². The van der Waals surface area contributed by atoms with Gasteiger partial charge in [0, 0.05) is 11.6 Å². The second-order valence-corrected chi connectivity index (χ2v) is 6.83. The van der Waals surface area contributed by atoms with E-state index < -0.39 is 10.0 Å². The summed E-state index contributed by atoms with van der Waals surface area (Å²) in [6, 6.07) is 4.73. The summed E-state index contributed by atoms with van der Waals surface area (Å²) in [5.74, 6) is 0.000610. The maximum atomic E-state index is 12.2. The molecule has 0 bridgehead atoms. The number of amides is 1. The molecule has 1 amide bonds. The van der Waals surface area contributed by atoms with E-state index in [-0.39, 0.29) is 16.7 Å². The van der Waals surface area contributed by atoms with Crippen LogP contribution in [0, 0.1) is 12.8 Å². The molecule has 5 nitrogen and oxygen atoms in total. The van der Waals surface area contributed by atoms with Crippen LogP contribution >= 0.6 is 0 Å². The lowest BCUT2D eigenvalue weighted by atomic mass is 9.88. The molecule has 1 aliphatic rings. The summed E-state index contributed by atoms with van der Waals surface area (Å²) in [5.41, 5.74) is 1.01. The van der Waals surface area contributed by atoms with Crippen LogP contribution in [0.5, 0.6) is 0 Å². The molecular formula is C14H20N2O3S. The molecule has 1 aromatic rings. The molecule has 0 radical (unpaired) electrons. The van der Waals surface area contributed by atoms with Gasteiger partial charge < -0.3 is 5.32 Å². The Balaban J connectivity index is 2.19. The number of primary sulfonamides is 1. The fourth-order valence-corrected chi connectivity index (χ4v) is 3.46. The van der Waals surface area contributed by atoms with Crippen LogP contribution in [0.15, 0.2) is 23.1 Å². The number of hydrogen-bond acceptors (Lipinski definition) is 3. The highest BCUT2D eigenvalue weighted by atomic mass is 32.2. The van der Waals surface area contributed by atoms with Crippen molar-refractivity contribution in [3.63, 3.8) is 0 Å². The third kappa shape index (κ3) is 3.37. The fraction of sp³-hybridized carbons (Fsp3) is 0.500. The molecule has 1 aromatic carbocycles. The number of nitrogens with two attached hydrogens (primary N) is 1. The third-order valence-corrected chi connectivity index (χ3v) is 4.88. The molecule has 1 aliphatic carbocycles. The molecule has 0 atom stereocenters.